The van der Waals surface area contributed by atoms with E-state index in [1.165, 1.54) is 23.8 Å². The molecule has 2 rings (SSSR count). The van der Waals surface area contributed by atoms with Crippen LogP contribution >= 0.6 is 11.6 Å². The van der Waals surface area contributed by atoms with Gasteiger partial charge in [0.15, 0.2) is 0 Å². The van der Waals surface area contributed by atoms with E-state index < -0.39 is 0 Å². The lowest BCUT2D eigenvalue weighted by Crippen LogP contribution is -2.12. The smallest absolute Gasteiger partial charge is 0.257 e. The van der Waals surface area contributed by atoms with Gasteiger partial charge < -0.3 is 10.4 Å². The Morgan fingerprint density at radius 3 is 2.55 bits per heavy atom. The largest absolute Gasteiger partial charge is 0.508 e. The van der Waals surface area contributed by atoms with Crippen LogP contribution in [-0.2, 0) is 6.42 Å². The fourth-order valence-electron chi connectivity index (χ4n) is 1.93. The van der Waals surface area contributed by atoms with Gasteiger partial charge in [-0.05, 0) is 42.3 Å². The van der Waals surface area contributed by atoms with Crippen LogP contribution in [0.1, 0.15) is 29.3 Å². The molecule has 0 aliphatic rings. The number of carbonyl (C=O) groups excluding carboxylic acids is 1. The molecule has 0 aliphatic carbocycles. The molecule has 0 fully saturated rings. The van der Waals surface area contributed by atoms with Crippen molar-refractivity contribution in [2.24, 2.45) is 0 Å². The van der Waals surface area contributed by atoms with Crippen LogP contribution in [0, 0.1) is 0 Å². The Bertz CT molecular complexity index is 608. The van der Waals surface area contributed by atoms with Crippen molar-refractivity contribution in [2.45, 2.75) is 19.8 Å². The summed E-state index contributed by atoms with van der Waals surface area (Å²) in [6, 6.07) is 12.0. The summed E-state index contributed by atoms with van der Waals surface area (Å²) in [7, 11) is 0. The van der Waals surface area contributed by atoms with E-state index in [0.717, 1.165) is 12.8 Å². The predicted molar refractivity (Wildman–Crippen MR) is 81.5 cm³/mol. The van der Waals surface area contributed by atoms with Gasteiger partial charge in [0, 0.05) is 5.69 Å². The van der Waals surface area contributed by atoms with Gasteiger partial charge in [0.1, 0.15) is 5.75 Å². The highest BCUT2D eigenvalue weighted by atomic mass is 35.5. The van der Waals surface area contributed by atoms with Gasteiger partial charge in [-0.25, -0.2) is 0 Å². The second-order valence-corrected chi connectivity index (χ2v) is 4.97. The predicted octanol–water partition coefficient (Wildman–Crippen LogP) is 4.25. The Balaban J connectivity index is 2.13. The zero-order valence-corrected chi connectivity index (χ0v) is 11.9. The fraction of sp³-hybridized carbons (Fsp3) is 0.188. The molecule has 0 spiro atoms. The summed E-state index contributed by atoms with van der Waals surface area (Å²) in [6.07, 6.45) is 2.11. The van der Waals surface area contributed by atoms with Crippen molar-refractivity contribution < 1.29 is 9.90 Å². The molecular formula is C16H16ClNO2. The molecule has 0 saturated carbocycles. The summed E-state index contributed by atoms with van der Waals surface area (Å²) >= 11 is 5.95. The Kier molecular flexibility index (Phi) is 4.64. The van der Waals surface area contributed by atoms with Crippen LogP contribution < -0.4 is 5.32 Å². The molecule has 0 saturated heterocycles. The maximum absolute atomic E-state index is 12.1. The number of aromatic hydroxyl groups is 1. The summed E-state index contributed by atoms with van der Waals surface area (Å²) < 4.78 is 0. The van der Waals surface area contributed by atoms with Crippen molar-refractivity contribution in [1.82, 2.24) is 0 Å². The molecule has 0 bridgehead atoms. The number of halogens is 1. The van der Waals surface area contributed by atoms with E-state index in [2.05, 4.69) is 12.2 Å². The van der Waals surface area contributed by atoms with Crippen molar-refractivity contribution in [3.05, 3.63) is 58.6 Å². The first-order chi connectivity index (χ1) is 9.60. The third-order valence-electron chi connectivity index (χ3n) is 2.95. The van der Waals surface area contributed by atoms with E-state index >= 15 is 0 Å². The van der Waals surface area contributed by atoms with E-state index in [-0.39, 0.29) is 17.2 Å². The van der Waals surface area contributed by atoms with Gasteiger partial charge >= 0.3 is 0 Å². The lowest BCUT2D eigenvalue weighted by molar-refractivity contribution is 0.102. The first-order valence-electron chi connectivity index (χ1n) is 6.49. The molecule has 0 aliphatic heterocycles. The zero-order chi connectivity index (χ0) is 14.5. The topological polar surface area (TPSA) is 49.3 Å². The van der Waals surface area contributed by atoms with Gasteiger partial charge in [-0.15, -0.1) is 0 Å². The molecule has 1 amide bonds. The number of phenolic OH excluding ortho intramolecular Hbond substituents is 1. The summed E-state index contributed by atoms with van der Waals surface area (Å²) in [4.78, 5) is 12.1. The SMILES string of the molecule is CCCc1ccc(NC(=O)c2cc(O)ccc2Cl)cc1. The van der Waals surface area contributed by atoms with Crippen LogP contribution in [0.2, 0.25) is 5.02 Å². The van der Waals surface area contributed by atoms with Crippen molar-refractivity contribution in [3.63, 3.8) is 0 Å². The van der Waals surface area contributed by atoms with Gasteiger partial charge in [0.2, 0.25) is 0 Å². The number of hydrogen-bond donors (Lipinski definition) is 2. The number of rotatable bonds is 4. The third-order valence-corrected chi connectivity index (χ3v) is 3.27. The molecule has 2 aromatic carbocycles. The molecule has 0 unspecified atom stereocenters. The average molecular weight is 290 g/mol. The van der Waals surface area contributed by atoms with Crippen LogP contribution in [0.5, 0.6) is 5.75 Å². The quantitative estimate of drug-likeness (QED) is 0.884. The van der Waals surface area contributed by atoms with Crippen molar-refractivity contribution in [2.75, 3.05) is 5.32 Å². The summed E-state index contributed by atoms with van der Waals surface area (Å²) in [5.41, 5.74) is 2.19. The number of anilines is 1. The molecule has 0 heterocycles. The summed E-state index contributed by atoms with van der Waals surface area (Å²) in [5, 5.41) is 12.5. The molecular weight excluding hydrogens is 274 g/mol. The van der Waals surface area contributed by atoms with Crippen LogP contribution in [0.25, 0.3) is 0 Å². The first-order valence-corrected chi connectivity index (χ1v) is 6.86. The minimum atomic E-state index is -0.339. The molecule has 2 aromatic rings. The Labute approximate surface area is 123 Å². The van der Waals surface area contributed by atoms with Crippen molar-refractivity contribution in [1.29, 1.82) is 0 Å². The van der Waals surface area contributed by atoms with Crippen molar-refractivity contribution in [3.8, 4) is 5.75 Å². The number of phenols is 1. The van der Waals surface area contributed by atoms with E-state index in [1.807, 2.05) is 24.3 Å². The lowest BCUT2D eigenvalue weighted by Gasteiger charge is -2.08. The van der Waals surface area contributed by atoms with Crippen LogP contribution in [-0.4, -0.2) is 11.0 Å². The third kappa shape index (κ3) is 3.52. The second kappa shape index (κ2) is 6.44. The zero-order valence-electron chi connectivity index (χ0n) is 11.2. The standard InChI is InChI=1S/C16H16ClNO2/c1-2-3-11-4-6-12(7-5-11)18-16(20)14-10-13(19)8-9-15(14)17/h4-10,19H,2-3H2,1H3,(H,18,20). The highest BCUT2D eigenvalue weighted by Gasteiger charge is 2.11. The highest BCUT2D eigenvalue weighted by molar-refractivity contribution is 6.34. The number of hydrogen-bond acceptors (Lipinski definition) is 2. The fourth-order valence-corrected chi connectivity index (χ4v) is 2.13. The minimum Gasteiger partial charge on any atom is -0.508 e. The van der Waals surface area contributed by atoms with Gasteiger partial charge in [-0.2, -0.15) is 0 Å². The molecule has 0 aromatic heterocycles. The van der Waals surface area contributed by atoms with E-state index in [1.54, 1.807) is 0 Å². The average Bonchev–Trinajstić information content (AvgIpc) is 2.44. The van der Waals surface area contributed by atoms with E-state index in [4.69, 9.17) is 11.6 Å². The van der Waals surface area contributed by atoms with E-state index in [0.29, 0.717) is 10.7 Å². The van der Waals surface area contributed by atoms with E-state index in [9.17, 15) is 9.90 Å². The van der Waals surface area contributed by atoms with Gasteiger partial charge in [0.05, 0.1) is 10.6 Å². The molecule has 0 radical (unpaired) electrons. The number of carbonyl (C=O) groups is 1. The molecule has 4 heteroatoms. The Hall–Kier alpha value is -2.00. The van der Waals surface area contributed by atoms with Gasteiger partial charge in [0.25, 0.3) is 5.91 Å². The van der Waals surface area contributed by atoms with Crippen LogP contribution in [0.3, 0.4) is 0 Å². The number of benzene rings is 2. The molecule has 20 heavy (non-hydrogen) atoms. The molecule has 2 N–H and O–H groups in total. The van der Waals surface area contributed by atoms with Gasteiger partial charge in [-0.3, -0.25) is 4.79 Å². The lowest BCUT2D eigenvalue weighted by atomic mass is 10.1. The van der Waals surface area contributed by atoms with Gasteiger partial charge in [-0.1, -0.05) is 37.1 Å². The number of aryl methyl sites for hydroxylation is 1. The first kappa shape index (κ1) is 14.4. The Morgan fingerprint density at radius 2 is 1.90 bits per heavy atom. The number of amides is 1. The van der Waals surface area contributed by atoms with Crippen molar-refractivity contribution >= 4 is 23.2 Å². The molecule has 104 valence electrons. The minimum absolute atomic E-state index is 0.0119. The highest BCUT2D eigenvalue weighted by Crippen LogP contribution is 2.22. The summed E-state index contributed by atoms with van der Waals surface area (Å²) in [6.45, 7) is 2.12. The summed E-state index contributed by atoms with van der Waals surface area (Å²) in [5.74, 6) is -0.327. The monoisotopic (exact) mass is 289 g/mol. The van der Waals surface area contributed by atoms with Crippen LogP contribution in [0.15, 0.2) is 42.5 Å². The molecule has 0 atom stereocenters. The van der Waals surface area contributed by atoms with Crippen LogP contribution in [0.4, 0.5) is 5.69 Å². The number of nitrogens with one attached hydrogen (secondary N) is 1. The molecule has 3 nitrogen and oxygen atoms in total. The Morgan fingerprint density at radius 1 is 1.20 bits per heavy atom. The maximum atomic E-state index is 12.1. The normalized spacial score (nSPS) is 10.3. The second-order valence-electron chi connectivity index (χ2n) is 4.57. The maximum Gasteiger partial charge on any atom is 0.257 e.